The predicted molar refractivity (Wildman–Crippen MR) is 119 cm³/mol. The molecule has 1 aromatic heterocycles. The summed E-state index contributed by atoms with van der Waals surface area (Å²) in [7, 11) is 0. The van der Waals surface area contributed by atoms with E-state index in [0.717, 1.165) is 76.3 Å². The number of nitrogens with zero attached hydrogens (tertiary/aromatic N) is 3. The monoisotopic (exact) mass is 430 g/mol. The summed E-state index contributed by atoms with van der Waals surface area (Å²) in [6, 6.07) is 0.392. The van der Waals surface area contributed by atoms with Crippen molar-refractivity contribution in [3.8, 4) is 0 Å². The highest BCUT2D eigenvalue weighted by molar-refractivity contribution is 7.15. The third-order valence-corrected chi connectivity index (χ3v) is 8.75. The molecule has 0 spiro atoms. The van der Waals surface area contributed by atoms with Gasteiger partial charge in [0, 0.05) is 48.9 Å². The molecule has 0 aromatic carbocycles. The van der Waals surface area contributed by atoms with Gasteiger partial charge in [-0.05, 0) is 44.9 Å². The van der Waals surface area contributed by atoms with Gasteiger partial charge in [0.25, 0.3) is 0 Å². The van der Waals surface area contributed by atoms with E-state index < -0.39 is 0 Å². The van der Waals surface area contributed by atoms with Crippen molar-refractivity contribution in [3.63, 3.8) is 0 Å². The number of carbonyl (C=O) groups excluding carboxylic acids is 2. The topological polar surface area (TPSA) is 65.5 Å². The molecule has 1 aliphatic heterocycles. The molecule has 3 aliphatic carbocycles. The number of anilines is 1. The van der Waals surface area contributed by atoms with Gasteiger partial charge in [-0.25, -0.2) is 4.98 Å². The first-order valence-electron chi connectivity index (χ1n) is 12.0. The van der Waals surface area contributed by atoms with Crippen LogP contribution in [-0.2, 0) is 22.4 Å². The van der Waals surface area contributed by atoms with Gasteiger partial charge < -0.3 is 15.1 Å². The predicted octanol–water partition coefficient (Wildman–Crippen LogP) is 3.15. The Labute approximate surface area is 183 Å². The summed E-state index contributed by atoms with van der Waals surface area (Å²) >= 11 is 1.77. The minimum atomic E-state index is 0.102. The molecule has 1 atom stereocenters. The summed E-state index contributed by atoms with van der Waals surface area (Å²) in [4.78, 5) is 35.9. The molecule has 1 aromatic rings. The van der Waals surface area contributed by atoms with Crippen LogP contribution in [0.3, 0.4) is 0 Å². The largest absolute Gasteiger partial charge is 0.353 e. The molecule has 4 aliphatic rings. The van der Waals surface area contributed by atoms with Crippen LogP contribution in [0.5, 0.6) is 0 Å². The van der Waals surface area contributed by atoms with E-state index in [1.165, 1.54) is 36.3 Å². The van der Waals surface area contributed by atoms with Gasteiger partial charge in [-0.3, -0.25) is 9.59 Å². The third-order valence-electron chi connectivity index (χ3n) is 7.57. The van der Waals surface area contributed by atoms with E-state index in [1.54, 1.807) is 11.3 Å². The minimum Gasteiger partial charge on any atom is -0.353 e. The van der Waals surface area contributed by atoms with Gasteiger partial charge in [0.15, 0.2) is 5.13 Å². The molecule has 2 saturated carbocycles. The normalized spacial score (nSPS) is 25.5. The van der Waals surface area contributed by atoms with E-state index in [4.69, 9.17) is 4.98 Å². The molecule has 3 fully saturated rings. The Morgan fingerprint density at radius 1 is 0.900 bits per heavy atom. The molecule has 1 unspecified atom stereocenters. The molecule has 1 saturated heterocycles. The number of piperazine rings is 1. The van der Waals surface area contributed by atoms with E-state index in [-0.39, 0.29) is 11.8 Å². The van der Waals surface area contributed by atoms with Crippen molar-refractivity contribution in [1.82, 2.24) is 15.2 Å². The van der Waals surface area contributed by atoms with Crippen molar-refractivity contribution in [1.29, 1.82) is 0 Å². The lowest BCUT2D eigenvalue weighted by Crippen LogP contribution is -2.51. The Hall–Kier alpha value is -1.63. The van der Waals surface area contributed by atoms with Crippen molar-refractivity contribution in [2.75, 3.05) is 31.1 Å². The van der Waals surface area contributed by atoms with Crippen LogP contribution in [-0.4, -0.2) is 53.9 Å². The smallest absolute Gasteiger partial charge is 0.225 e. The Kier molecular flexibility index (Phi) is 5.98. The second-order valence-electron chi connectivity index (χ2n) is 9.59. The van der Waals surface area contributed by atoms with Crippen LogP contribution in [0.4, 0.5) is 5.13 Å². The summed E-state index contributed by atoms with van der Waals surface area (Å²) in [5.74, 6) is 1.02. The van der Waals surface area contributed by atoms with Crippen LogP contribution in [0.25, 0.3) is 0 Å². The highest BCUT2D eigenvalue weighted by atomic mass is 32.1. The van der Waals surface area contributed by atoms with E-state index in [0.29, 0.717) is 17.9 Å². The fourth-order valence-electron chi connectivity index (χ4n) is 5.32. The van der Waals surface area contributed by atoms with Crippen LogP contribution in [0.1, 0.15) is 68.4 Å². The molecular weight excluding hydrogens is 396 g/mol. The highest BCUT2D eigenvalue weighted by Crippen LogP contribution is 2.35. The Morgan fingerprint density at radius 3 is 2.37 bits per heavy atom. The lowest BCUT2D eigenvalue weighted by Gasteiger charge is -2.38. The number of aromatic nitrogens is 1. The Balaban J connectivity index is 1.15. The number of aryl methyl sites for hydroxylation is 1. The van der Waals surface area contributed by atoms with Gasteiger partial charge in [-0.15, -0.1) is 11.3 Å². The quantitative estimate of drug-likeness (QED) is 0.797. The number of nitrogens with one attached hydrogen (secondary N) is 1. The van der Waals surface area contributed by atoms with Crippen LogP contribution in [0.2, 0.25) is 0 Å². The Bertz CT molecular complexity index is 776. The zero-order chi connectivity index (χ0) is 20.5. The number of fused-ring (bicyclic) bond motifs is 1. The molecule has 5 rings (SSSR count). The molecule has 6 nitrogen and oxygen atoms in total. The van der Waals surface area contributed by atoms with Gasteiger partial charge in [-0.2, -0.15) is 0 Å². The number of hydrogen-bond acceptors (Lipinski definition) is 5. The number of amides is 2. The van der Waals surface area contributed by atoms with Gasteiger partial charge in [0.2, 0.25) is 11.8 Å². The van der Waals surface area contributed by atoms with Crippen molar-refractivity contribution in [3.05, 3.63) is 10.6 Å². The average Bonchev–Trinajstić information content (AvgIpc) is 3.16. The van der Waals surface area contributed by atoms with Crippen molar-refractivity contribution in [2.24, 2.45) is 11.8 Å². The highest BCUT2D eigenvalue weighted by Gasteiger charge is 2.33. The first-order valence-corrected chi connectivity index (χ1v) is 12.8. The zero-order valence-electron chi connectivity index (χ0n) is 17.9. The van der Waals surface area contributed by atoms with Crippen LogP contribution in [0, 0.1) is 11.8 Å². The molecule has 1 N–H and O–H groups in total. The van der Waals surface area contributed by atoms with Gasteiger partial charge in [0.1, 0.15) is 0 Å². The molecular formula is C23H34N4O2S. The first kappa shape index (κ1) is 20.3. The Morgan fingerprint density at radius 2 is 1.67 bits per heavy atom. The third kappa shape index (κ3) is 4.23. The number of carbonyl (C=O) groups is 2. The van der Waals surface area contributed by atoms with Crippen molar-refractivity contribution >= 4 is 28.3 Å². The molecule has 2 amide bonds. The molecule has 0 radical (unpaired) electrons. The second kappa shape index (κ2) is 8.85. The summed E-state index contributed by atoms with van der Waals surface area (Å²) in [5, 5.41) is 4.41. The summed E-state index contributed by atoms with van der Waals surface area (Å²) in [5.41, 5.74) is 1.20. The van der Waals surface area contributed by atoms with E-state index >= 15 is 0 Å². The van der Waals surface area contributed by atoms with Crippen LogP contribution >= 0.6 is 11.3 Å². The molecule has 7 heteroatoms. The molecule has 2 heterocycles. The lowest BCUT2D eigenvalue weighted by molar-refractivity contribution is -0.138. The van der Waals surface area contributed by atoms with E-state index in [2.05, 4.69) is 15.1 Å². The van der Waals surface area contributed by atoms with Crippen molar-refractivity contribution in [2.45, 2.75) is 76.7 Å². The molecule has 0 bridgehead atoms. The maximum absolute atomic E-state index is 12.8. The summed E-state index contributed by atoms with van der Waals surface area (Å²) in [6.45, 7) is 3.37. The van der Waals surface area contributed by atoms with Crippen LogP contribution in [0.15, 0.2) is 0 Å². The van der Waals surface area contributed by atoms with Gasteiger partial charge in [0.05, 0.1) is 5.69 Å². The summed E-state index contributed by atoms with van der Waals surface area (Å²) < 4.78 is 0. The van der Waals surface area contributed by atoms with Gasteiger partial charge >= 0.3 is 0 Å². The number of thiazole rings is 1. The number of rotatable bonds is 4. The van der Waals surface area contributed by atoms with E-state index in [9.17, 15) is 9.59 Å². The minimum absolute atomic E-state index is 0.102. The zero-order valence-corrected chi connectivity index (χ0v) is 18.7. The SMILES string of the molecule is O=C(NC1CCCCC1)C1CCc2nc(N3CCN(C(=O)C4CCC4)CC3)sc2C1. The fraction of sp³-hybridized carbons (Fsp3) is 0.783. The average molecular weight is 431 g/mol. The fourth-order valence-corrected chi connectivity index (χ4v) is 6.56. The summed E-state index contributed by atoms with van der Waals surface area (Å²) in [6.07, 6.45) is 12.1. The van der Waals surface area contributed by atoms with E-state index in [1.807, 2.05) is 0 Å². The maximum Gasteiger partial charge on any atom is 0.225 e. The molecule has 164 valence electrons. The number of hydrogen-bond donors (Lipinski definition) is 1. The van der Waals surface area contributed by atoms with Crippen LogP contribution < -0.4 is 10.2 Å². The molecule has 30 heavy (non-hydrogen) atoms. The second-order valence-corrected chi connectivity index (χ2v) is 10.7. The van der Waals surface area contributed by atoms with Gasteiger partial charge in [-0.1, -0.05) is 25.7 Å². The maximum atomic E-state index is 12.8. The lowest BCUT2D eigenvalue weighted by atomic mass is 9.84. The standard InChI is InChI=1S/C23H34N4O2S/c28-21(24-18-7-2-1-3-8-18)17-9-10-19-20(15-17)30-23(25-19)27-13-11-26(12-14-27)22(29)16-5-4-6-16/h16-18H,1-15H2,(H,24,28). The van der Waals surface area contributed by atoms with Crippen molar-refractivity contribution < 1.29 is 9.59 Å². The first-order chi connectivity index (χ1) is 14.7.